The molecular weight excluding hydrogens is 386 g/mol. The van der Waals surface area contributed by atoms with Gasteiger partial charge in [-0.3, -0.25) is 9.36 Å². The van der Waals surface area contributed by atoms with Gasteiger partial charge >= 0.3 is 7.60 Å². The van der Waals surface area contributed by atoms with Gasteiger partial charge in [0.15, 0.2) is 5.66 Å². The number of fused-ring (bicyclic) bond motifs is 2. The Balaban J connectivity index is 1.76. The maximum Gasteiger partial charge on any atom is 0.342 e. The van der Waals surface area contributed by atoms with Crippen molar-refractivity contribution in [2.75, 3.05) is 5.32 Å². The molecule has 1 atom stereocenters. The molecule has 1 heterocycles. The Morgan fingerprint density at radius 2 is 1.79 bits per heavy atom. The predicted octanol–water partition coefficient (Wildman–Crippen LogP) is 2.45. The van der Waals surface area contributed by atoms with E-state index in [0.29, 0.717) is 16.6 Å². The van der Waals surface area contributed by atoms with E-state index in [2.05, 4.69) is 5.32 Å². The number of benzene rings is 3. The average Bonchev–Trinajstić information content (AvgIpc) is 2.96. The molecule has 0 aliphatic heterocycles. The fourth-order valence-corrected chi connectivity index (χ4v) is 4.65. The molecule has 29 heavy (non-hydrogen) atoms. The average molecular weight is 406 g/mol. The minimum Gasteiger partial charge on any atom is -0.350 e. The standard InChI is InChI=1S/C21H20BN2O4P/c1-24-12-18(17-11-15(22)7-9-19(17)24)20(29(26,27)28)21(25)23-16-8-6-13-4-2-3-5-14(13)10-16/h2-12,20H,22H2,1H3,(H,23,25)(H2,26,27,28). The van der Waals surface area contributed by atoms with Crippen LogP contribution >= 0.6 is 7.60 Å². The molecule has 3 N–H and O–H groups in total. The summed E-state index contributed by atoms with van der Waals surface area (Å²) in [4.78, 5) is 33.1. The van der Waals surface area contributed by atoms with Crippen LogP contribution in [0.25, 0.3) is 21.7 Å². The molecule has 1 amide bonds. The van der Waals surface area contributed by atoms with Gasteiger partial charge in [0.1, 0.15) is 7.85 Å². The van der Waals surface area contributed by atoms with Crippen LogP contribution in [0.5, 0.6) is 0 Å². The van der Waals surface area contributed by atoms with Crippen molar-refractivity contribution in [3.8, 4) is 0 Å². The number of nitrogens with one attached hydrogen (secondary N) is 1. The van der Waals surface area contributed by atoms with E-state index in [0.717, 1.165) is 21.8 Å². The SMILES string of the molecule is Bc1ccc2c(c1)c(C(C(=O)Nc1ccc3ccccc3c1)P(=O)(O)O)cn2C. The second-order valence-corrected chi connectivity index (χ2v) is 8.95. The summed E-state index contributed by atoms with van der Waals surface area (Å²) < 4.78 is 14.1. The van der Waals surface area contributed by atoms with Gasteiger partial charge in [-0.25, -0.2) is 0 Å². The van der Waals surface area contributed by atoms with Gasteiger partial charge in [0.25, 0.3) is 0 Å². The first-order valence-electron chi connectivity index (χ1n) is 9.14. The van der Waals surface area contributed by atoms with Gasteiger partial charge in [-0.1, -0.05) is 47.9 Å². The van der Waals surface area contributed by atoms with E-state index in [9.17, 15) is 19.1 Å². The number of aryl methyl sites for hydroxylation is 1. The fraction of sp³-hybridized carbons (Fsp3) is 0.0952. The van der Waals surface area contributed by atoms with E-state index < -0.39 is 19.2 Å². The third-order valence-electron chi connectivity index (χ3n) is 5.07. The van der Waals surface area contributed by atoms with E-state index in [1.807, 2.05) is 56.4 Å². The summed E-state index contributed by atoms with van der Waals surface area (Å²) in [6.45, 7) is 0. The van der Waals surface area contributed by atoms with Crippen molar-refractivity contribution in [2.24, 2.45) is 7.05 Å². The molecule has 0 radical (unpaired) electrons. The minimum atomic E-state index is -4.77. The third-order valence-corrected chi connectivity index (χ3v) is 6.26. The van der Waals surface area contributed by atoms with Gasteiger partial charge in [-0.15, -0.1) is 0 Å². The predicted molar refractivity (Wildman–Crippen MR) is 118 cm³/mol. The molecule has 1 unspecified atom stereocenters. The molecule has 0 spiro atoms. The number of hydrogen-bond donors (Lipinski definition) is 3. The monoisotopic (exact) mass is 406 g/mol. The van der Waals surface area contributed by atoms with Crippen LogP contribution in [0.1, 0.15) is 11.2 Å². The van der Waals surface area contributed by atoms with Crippen LogP contribution < -0.4 is 10.8 Å². The van der Waals surface area contributed by atoms with Crippen LogP contribution in [-0.2, 0) is 16.4 Å². The highest BCUT2D eigenvalue weighted by Crippen LogP contribution is 2.53. The number of anilines is 1. The van der Waals surface area contributed by atoms with E-state index in [1.165, 1.54) is 0 Å². The normalized spacial score (nSPS) is 12.9. The van der Waals surface area contributed by atoms with Crippen LogP contribution in [0.15, 0.2) is 66.9 Å². The summed E-state index contributed by atoms with van der Waals surface area (Å²) in [7, 11) is -1.08. The van der Waals surface area contributed by atoms with E-state index in [-0.39, 0.29) is 0 Å². The lowest BCUT2D eigenvalue weighted by molar-refractivity contribution is -0.116. The summed E-state index contributed by atoms with van der Waals surface area (Å²) in [5.41, 5.74) is 0.966. The first-order chi connectivity index (χ1) is 13.7. The van der Waals surface area contributed by atoms with Crippen molar-refractivity contribution in [3.05, 3.63) is 72.4 Å². The highest BCUT2D eigenvalue weighted by Gasteiger charge is 2.39. The first-order valence-corrected chi connectivity index (χ1v) is 10.8. The molecule has 146 valence electrons. The topological polar surface area (TPSA) is 91.6 Å². The Labute approximate surface area is 168 Å². The quantitative estimate of drug-likeness (QED) is 0.359. The molecule has 0 aliphatic rings. The molecule has 0 aliphatic carbocycles. The van der Waals surface area contributed by atoms with Crippen LogP contribution in [0.4, 0.5) is 5.69 Å². The number of nitrogens with zero attached hydrogens (tertiary/aromatic N) is 1. The van der Waals surface area contributed by atoms with Gasteiger partial charge < -0.3 is 19.7 Å². The molecular formula is C21H20BN2O4P. The number of aromatic nitrogens is 1. The summed E-state index contributed by atoms with van der Waals surface area (Å²) in [5.74, 6) is -0.734. The third kappa shape index (κ3) is 3.72. The van der Waals surface area contributed by atoms with Crippen molar-refractivity contribution in [3.63, 3.8) is 0 Å². The Hall–Kier alpha value is -2.86. The van der Waals surface area contributed by atoms with Gasteiger partial charge in [0.2, 0.25) is 5.91 Å². The van der Waals surface area contributed by atoms with Crippen molar-refractivity contribution >= 4 is 54.2 Å². The summed E-state index contributed by atoms with van der Waals surface area (Å²) in [5, 5.41) is 5.29. The highest BCUT2D eigenvalue weighted by molar-refractivity contribution is 7.53. The molecule has 8 heteroatoms. The van der Waals surface area contributed by atoms with Crippen LogP contribution in [-0.4, -0.2) is 28.1 Å². The number of carbonyl (C=O) groups is 1. The fourth-order valence-electron chi connectivity index (χ4n) is 3.71. The first kappa shape index (κ1) is 19.5. The van der Waals surface area contributed by atoms with Gasteiger partial charge in [-0.2, -0.15) is 0 Å². The second kappa shape index (κ2) is 7.19. The maximum absolute atomic E-state index is 13.0. The lowest BCUT2D eigenvalue weighted by Crippen LogP contribution is -2.21. The summed E-state index contributed by atoms with van der Waals surface area (Å²) in [6, 6.07) is 18.7. The van der Waals surface area contributed by atoms with E-state index >= 15 is 0 Å². The smallest absolute Gasteiger partial charge is 0.342 e. The van der Waals surface area contributed by atoms with Crippen molar-refractivity contribution < 1.29 is 19.1 Å². The zero-order chi connectivity index (χ0) is 20.8. The number of carbonyl (C=O) groups excluding carboxylic acids is 1. The Kier molecular flexibility index (Phi) is 4.83. The van der Waals surface area contributed by atoms with E-state index in [1.54, 1.807) is 29.9 Å². The van der Waals surface area contributed by atoms with Crippen molar-refractivity contribution in [1.29, 1.82) is 0 Å². The highest BCUT2D eigenvalue weighted by atomic mass is 31.2. The lowest BCUT2D eigenvalue weighted by Gasteiger charge is -2.18. The molecule has 0 saturated carbocycles. The van der Waals surface area contributed by atoms with Gasteiger partial charge in [-0.05, 0) is 29.0 Å². The molecule has 0 bridgehead atoms. The van der Waals surface area contributed by atoms with Gasteiger partial charge in [0, 0.05) is 35.4 Å². The van der Waals surface area contributed by atoms with Crippen LogP contribution in [0.2, 0.25) is 0 Å². The number of amides is 1. The Morgan fingerprint density at radius 3 is 2.52 bits per heavy atom. The Morgan fingerprint density at radius 1 is 1.07 bits per heavy atom. The minimum absolute atomic E-state index is 0.317. The number of rotatable bonds is 4. The molecule has 6 nitrogen and oxygen atoms in total. The number of hydrogen-bond acceptors (Lipinski definition) is 2. The lowest BCUT2D eigenvalue weighted by atomic mass is 9.94. The Bertz CT molecular complexity index is 1290. The molecule has 4 aromatic rings. The zero-order valence-electron chi connectivity index (χ0n) is 16.0. The molecule has 4 rings (SSSR count). The molecule has 0 saturated heterocycles. The summed E-state index contributed by atoms with van der Waals surface area (Å²) >= 11 is 0. The molecule has 3 aromatic carbocycles. The van der Waals surface area contributed by atoms with Crippen LogP contribution in [0.3, 0.4) is 0 Å². The maximum atomic E-state index is 13.0. The second-order valence-electron chi connectivity index (χ2n) is 7.26. The summed E-state index contributed by atoms with van der Waals surface area (Å²) in [6.07, 6.45) is 1.62. The van der Waals surface area contributed by atoms with Crippen LogP contribution in [0, 0.1) is 0 Å². The zero-order valence-corrected chi connectivity index (χ0v) is 16.9. The molecule has 1 aromatic heterocycles. The van der Waals surface area contributed by atoms with Gasteiger partial charge in [0.05, 0.1) is 0 Å². The van der Waals surface area contributed by atoms with Crippen molar-refractivity contribution in [1.82, 2.24) is 4.57 Å². The van der Waals surface area contributed by atoms with Crippen molar-refractivity contribution in [2.45, 2.75) is 5.66 Å². The molecule has 0 fully saturated rings. The largest absolute Gasteiger partial charge is 0.350 e. The van der Waals surface area contributed by atoms with E-state index in [4.69, 9.17) is 0 Å².